The van der Waals surface area contributed by atoms with Crippen LogP contribution in [0.1, 0.15) is 33.5 Å². The van der Waals surface area contributed by atoms with Crippen molar-refractivity contribution in [1.29, 1.82) is 0 Å². The van der Waals surface area contributed by atoms with Crippen molar-refractivity contribution in [2.45, 2.75) is 19.9 Å². The molecule has 3 aromatic heterocycles. The third-order valence-electron chi connectivity index (χ3n) is 3.61. The molecule has 3 rings (SSSR count). The molecule has 0 aliphatic heterocycles. The zero-order chi connectivity index (χ0) is 17.1. The number of hydrogen-bond donors (Lipinski definition) is 2. The van der Waals surface area contributed by atoms with Crippen molar-refractivity contribution >= 4 is 5.91 Å². The van der Waals surface area contributed by atoms with Crippen LogP contribution in [-0.4, -0.2) is 32.4 Å². The van der Waals surface area contributed by atoms with Gasteiger partial charge in [-0.15, -0.1) is 0 Å². The first-order chi connectivity index (χ1) is 11.6. The van der Waals surface area contributed by atoms with Crippen LogP contribution in [0.3, 0.4) is 0 Å². The molecule has 0 aliphatic carbocycles. The van der Waals surface area contributed by atoms with Gasteiger partial charge in [-0.3, -0.25) is 4.79 Å². The summed E-state index contributed by atoms with van der Waals surface area (Å²) in [4.78, 5) is 16.6. The quantitative estimate of drug-likeness (QED) is 0.747. The standard InChI is InChI=1S/C17H18N4O3/c1-11-8-12(2)21(20-11)16-6-5-13(9-18-16)17(23)19-14(10-22)15-4-3-7-24-15/h3-9,14,22H,10H2,1-2H3,(H,19,23). The molecule has 2 N–H and O–H groups in total. The summed E-state index contributed by atoms with van der Waals surface area (Å²) in [5, 5.41) is 16.5. The molecule has 0 bridgehead atoms. The Labute approximate surface area is 138 Å². The van der Waals surface area contributed by atoms with Gasteiger partial charge in [-0.1, -0.05) is 0 Å². The highest BCUT2D eigenvalue weighted by Crippen LogP contribution is 2.14. The highest BCUT2D eigenvalue weighted by atomic mass is 16.3. The molecule has 0 spiro atoms. The Morgan fingerprint density at radius 2 is 2.21 bits per heavy atom. The van der Waals surface area contributed by atoms with Gasteiger partial charge in [0.05, 0.1) is 24.1 Å². The molecule has 1 unspecified atom stereocenters. The summed E-state index contributed by atoms with van der Waals surface area (Å²) >= 11 is 0. The number of carbonyl (C=O) groups excluding carboxylic acids is 1. The molecule has 24 heavy (non-hydrogen) atoms. The van der Waals surface area contributed by atoms with Crippen molar-refractivity contribution in [2.24, 2.45) is 0 Å². The number of aliphatic hydroxyl groups excluding tert-OH is 1. The third kappa shape index (κ3) is 3.21. The topological polar surface area (TPSA) is 93.2 Å². The van der Waals surface area contributed by atoms with Crippen LogP contribution >= 0.6 is 0 Å². The van der Waals surface area contributed by atoms with E-state index in [4.69, 9.17) is 4.42 Å². The number of hydrogen-bond acceptors (Lipinski definition) is 5. The lowest BCUT2D eigenvalue weighted by Gasteiger charge is -2.14. The van der Waals surface area contributed by atoms with Gasteiger partial charge in [0.1, 0.15) is 11.8 Å². The Bertz CT molecular complexity index is 822. The predicted molar refractivity (Wildman–Crippen MR) is 86.8 cm³/mol. The number of furan rings is 1. The molecule has 0 fully saturated rings. The van der Waals surface area contributed by atoms with E-state index in [0.717, 1.165) is 11.4 Å². The van der Waals surface area contributed by atoms with Gasteiger partial charge < -0.3 is 14.8 Å². The molecule has 7 heteroatoms. The number of aromatic nitrogens is 3. The van der Waals surface area contributed by atoms with E-state index in [-0.39, 0.29) is 12.5 Å². The minimum absolute atomic E-state index is 0.253. The smallest absolute Gasteiger partial charge is 0.253 e. The maximum Gasteiger partial charge on any atom is 0.253 e. The fraction of sp³-hybridized carbons (Fsp3) is 0.235. The largest absolute Gasteiger partial charge is 0.467 e. The molecule has 0 saturated heterocycles. The average molecular weight is 326 g/mol. The van der Waals surface area contributed by atoms with E-state index in [1.165, 1.54) is 12.5 Å². The number of nitrogens with zero attached hydrogens (tertiary/aromatic N) is 3. The van der Waals surface area contributed by atoms with Gasteiger partial charge in [-0.05, 0) is 44.2 Å². The van der Waals surface area contributed by atoms with Crippen molar-refractivity contribution in [3.8, 4) is 5.82 Å². The lowest BCUT2D eigenvalue weighted by Crippen LogP contribution is -2.30. The fourth-order valence-corrected chi connectivity index (χ4v) is 2.44. The Hall–Kier alpha value is -2.93. The van der Waals surface area contributed by atoms with E-state index < -0.39 is 6.04 Å². The zero-order valence-corrected chi connectivity index (χ0v) is 13.4. The van der Waals surface area contributed by atoms with Gasteiger partial charge in [0, 0.05) is 11.9 Å². The molecule has 3 heterocycles. The first-order valence-corrected chi connectivity index (χ1v) is 7.53. The molecule has 1 amide bonds. The number of carbonyl (C=O) groups is 1. The van der Waals surface area contributed by atoms with Crippen LogP contribution in [0.4, 0.5) is 0 Å². The van der Waals surface area contributed by atoms with Gasteiger partial charge in [-0.2, -0.15) is 5.10 Å². The van der Waals surface area contributed by atoms with Crippen LogP contribution in [0.15, 0.2) is 47.2 Å². The van der Waals surface area contributed by atoms with E-state index in [0.29, 0.717) is 17.1 Å². The summed E-state index contributed by atoms with van der Waals surface area (Å²) in [5.74, 6) is 0.804. The molecule has 124 valence electrons. The summed E-state index contributed by atoms with van der Waals surface area (Å²) in [6.07, 6.45) is 2.98. The molecule has 0 radical (unpaired) electrons. The summed E-state index contributed by atoms with van der Waals surface area (Å²) < 4.78 is 6.93. The number of pyridine rings is 1. The van der Waals surface area contributed by atoms with E-state index in [1.54, 1.807) is 28.9 Å². The van der Waals surface area contributed by atoms with Crippen LogP contribution in [0, 0.1) is 13.8 Å². The van der Waals surface area contributed by atoms with E-state index in [2.05, 4.69) is 15.4 Å². The lowest BCUT2D eigenvalue weighted by atomic mass is 10.2. The van der Waals surface area contributed by atoms with Gasteiger partial charge >= 0.3 is 0 Å². The summed E-state index contributed by atoms with van der Waals surface area (Å²) in [6, 6.07) is 8.17. The maximum absolute atomic E-state index is 12.3. The van der Waals surface area contributed by atoms with Crippen LogP contribution < -0.4 is 5.32 Å². The molecule has 3 aromatic rings. The molecular weight excluding hydrogens is 308 g/mol. The Balaban J connectivity index is 1.75. The monoisotopic (exact) mass is 326 g/mol. The molecular formula is C17H18N4O3. The minimum Gasteiger partial charge on any atom is -0.467 e. The SMILES string of the molecule is Cc1cc(C)n(-c2ccc(C(=O)NC(CO)c3ccco3)cn2)n1. The molecule has 1 atom stereocenters. The molecule has 0 aromatic carbocycles. The lowest BCUT2D eigenvalue weighted by molar-refractivity contribution is 0.0907. The van der Waals surface area contributed by atoms with Crippen LogP contribution in [0.25, 0.3) is 5.82 Å². The molecule has 7 nitrogen and oxygen atoms in total. The number of aryl methyl sites for hydroxylation is 2. The van der Waals surface area contributed by atoms with Crippen molar-refractivity contribution in [1.82, 2.24) is 20.1 Å². The highest BCUT2D eigenvalue weighted by Gasteiger charge is 2.17. The Morgan fingerprint density at radius 1 is 1.38 bits per heavy atom. The van der Waals surface area contributed by atoms with Crippen molar-refractivity contribution in [3.05, 3.63) is 65.5 Å². The van der Waals surface area contributed by atoms with E-state index in [9.17, 15) is 9.90 Å². The first-order valence-electron chi connectivity index (χ1n) is 7.53. The second-order valence-corrected chi connectivity index (χ2v) is 5.47. The Kier molecular flexibility index (Phi) is 4.43. The summed E-state index contributed by atoms with van der Waals surface area (Å²) in [6.45, 7) is 3.60. The second kappa shape index (κ2) is 6.67. The number of nitrogens with one attached hydrogen (secondary N) is 1. The van der Waals surface area contributed by atoms with Crippen molar-refractivity contribution in [3.63, 3.8) is 0 Å². The zero-order valence-electron chi connectivity index (χ0n) is 13.4. The van der Waals surface area contributed by atoms with Crippen molar-refractivity contribution in [2.75, 3.05) is 6.61 Å². The van der Waals surface area contributed by atoms with E-state index in [1.807, 2.05) is 19.9 Å². The third-order valence-corrected chi connectivity index (χ3v) is 3.61. The summed E-state index contributed by atoms with van der Waals surface area (Å²) in [7, 11) is 0. The number of rotatable bonds is 5. The highest BCUT2D eigenvalue weighted by molar-refractivity contribution is 5.94. The maximum atomic E-state index is 12.3. The minimum atomic E-state index is -0.594. The van der Waals surface area contributed by atoms with Crippen LogP contribution in [0.2, 0.25) is 0 Å². The van der Waals surface area contributed by atoms with Gasteiger partial charge in [0.25, 0.3) is 5.91 Å². The van der Waals surface area contributed by atoms with Crippen LogP contribution in [0.5, 0.6) is 0 Å². The molecule has 0 aliphatic rings. The normalized spacial score (nSPS) is 12.1. The predicted octanol–water partition coefficient (Wildman–Crippen LogP) is 1.94. The van der Waals surface area contributed by atoms with E-state index >= 15 is 0 Å². The molecule has 0 saturated carbocycles. The average Bonchev–Trinajstić information content (AvgIpc) is 3.22. The van der Waals surface area contributed by atoms with Crippen LogP contribution in [-0.2, 0) is 0 Å². The second-order valence-electron chi connectivity index (χ2n) is 5.47. The number of aliphatic hydroxyl groups is 1. The van der Waals surface area contributed by atoms with Gasteiger partial charge in [-0.25, -0.2) is 9.67 Å². The fourth-order valence-electron chi connectivity index (χ4n) is 2.44. The Morgan fingerprint density at radius 3 is 2.75 bits per heavy atom. The first kappa shape index (κ1) is 15.9. The van der Waals surface area contributed by atoms with Gasteiger partial charge in [0.2, 0.25) is 0 Å². The van der Waals surface area contributed by atoms with Gasteiger partial charge in [0.15, 0.2) is 5.82 Å². The summed E-state index contributed by atoms with van der Waals surface area (Å²) in [5.41, 5.74) is 2.26. The van der Waals surface area contributed by atoms with Crippen molar-refractivity contribution < 1.29 is 14.3 Å². The number of amides is 1.